The maximum Gasteiger partial charge on any atom is 0.418 e. The first-order valence-electron chi connectivity index (χ1n) is 5.26. The first kappa shape index (κ1) is 13.1. The third-order valence-electron chi connectivity index (χ3n) is 2.51. The topological polar surface area (TPSA) is 4.93 Å². The summed E-state index contributed by atoms with van der Waals surface area (Å²) in [5, 5.41) is 0. The molecule has 4 heteroatoms. The molecule has 0 aliphatic carbocycles. The molecule has 0 bridgehead atoms. The zero-order valence-corrected chi connectivity index (χ0v) is 10.4. The van der Waals surface area contributed by atoms with Crippen LogP contribution >= 0.6 is 0 Å². The van der Waals surface area contributed by atoms with Gasteiger partial charge < -0.3 is 4.57 Å². The number of aromatic nitrogens is 1. The van der Waals surface area contributed by atoms with Crippen molar-refractivity contribution in [2.24, 2.45) is 5.41 Å². The maximum atomic E-state index is 12.7. The van der Waals surface area contributed by atoms with Gasteiger partial charge in [-0.2, -0.15) is 13.2 Å². The molecule has 0 saturated carbocycles. The number of halogens is 3. The van der Waals surface area contributed by atoms with Gasteiger partial charge in [0.2, 0.25) is 0 Å². The number of hydrogen-bond donors (Lipinski definition) is 0. The second kappa shape index (κ2) is 3.82. The molecule has 92 valence electrons. The summed E-state index contributed by atoms with van der Waals surface area (Å²) in [6, 6.07) is 1.22. The molecule has 0 amide bonds. The molecular weight excluding hydrogens is 215 g/mol. The standard InChI is InChI=1S/C12H18F3N/c1-8-6-10(12(13,14)15)9(2)16(8)7-11(3,4)5/h6H,7H2,1-5H3. The molecule has 0 spiro atoms. The monoisotopic (exact) mass is 233 g/mol. The van der Waals surface area contributed by atoms with Crippen LogP contribution < -0.4 is 0 Å². The lowest BCUT2D eigenvalue weighted by Crippen LogP contribution is -2.18. The summed E-state index contributed by atoms with van der Waals surface area (Å²) in [7, 11) is 0. The van der Waals surface area contributed by atoms with Crippen molar-refractivity contribution in [1.82, 2.24) is 4.57 Å². The predicted octanol–water partition coefficient (Wildman–Crippen LogP) is 4.17. The van der Waals surface area contributed by atoms with E-state index in [0.717, 1.165) is 0 Å². The quantitative estimate of drug-likeness (QED) is 0.686. The maximum absolute atomic E-state index is 12.7. The minimum absolute atomic E-state index is 0.0303. The summed E-state index contributed by atoms with van der Waals surface area (Å²) >= 11 is 0. The van der Waals surface area contributed by atoms with Crippen molar-refractivity contribution in [3.8, 4) is 0 Å². The summed E-state index contributed by atoms with van der Waals surface area (Å²) in [5.41, 5.74) is 0.422. The van der Waals surface area contributed by atoms with E-state index in [0.29, 0.717) is 17.9 Å². The van der Waals surface area contributed by atoms with Crippen molar-refractivity contribution in [1.29, 1.82) is 0 Å². The Morgan fingerprint density at radius 2 is 1.62 bits per heavy atom. The largest absolute Gasteiger partial charge is 0.418 e. The molecule has 0 aliphatic rings. The molecular formula is C12H18F3N. The number of rotatable bonds is 1. The molecule has 0 aromatic carbocycles. The van der Waals surface area contributed by atoms with Crippen LogP contribution in [0, 0.1) is 19.3 Å². The molecule has 1 heterocycles. The summed E-state index contributed by atoms with van der Waals surface area (Å²) in [6.45, 7) is 9.88. The zero-order valence-electron chi connectivity index (χ0n) is 10.4. The Bertz CT molecular complexity index is 380. The normalized spacial score (nSPS) is 13.2. The van der Waals surface area contributed by atoms with E-state index in [-0.39, 0.29) is 5.41 Å². The first-order chi connectivity index (χ1) is 7.02. The molecule has 0 atom stereocenters. The Morgan fingerprint density at radius 1 is 1.12 bits per heavy atom. The lowest BCUT2D eigenvalue weighted by atomic mass is 9.96. The van der Waals surface area contributed by atoms with E-state index in [2.05, 4.69) is 0 Å². The molecule has 0 N–H and O–H groups in total. The van der Waals surface area contributed by atoms with Crippen molar-refractivity contribution >= 4 is 0 Å². The minimum atomic E-state index is -4.25. The van der Waals surface area contributed by atoms with E-state index in [1.165, 1.54) is 13.0 Å². The van der Waals surface area contributed by atoms with Gasteiger partial charge in [-0.05, 0) is 25.3 Å². The predicted molar refractivity (Wildman–Crippen MR) is 58.4 cm³/mol. The Morgan fingerprint density at radius 3 is 1.94 bits per heavy atom. The van der Waals surface area contributed by atoms with Crippen molar-refractivity contribution in [2.75, 3.05) is 0 Å². The van der Waals surface area contributed by atoms with Gasteiger partial charge in [0.05, 0.1) is 5.56 Å². The molecule has 1 aromatic rings. The van der Waals surface area contributed by atoms with Crippen LogP contribution in [0.5, 0.6) is 0 Å². The Kier molecular flexibility index (Phi) is 3.14. The molecule has 0 fully saturated rings. The van der Waals surface area contributed by atoms with Gasteiger partial charge in [0, 0.05) is 17.9 Å². The van der Waals surface area contributed by atoms with Gasteiger partial charge in [-0.1, -0.05) is 20.8 Å². The third-order valence-corrected chi connectivity index (χ3v) is 2.51. The van der Waals surface area contributed by atoms with Crippen LogP contribution in [0.1, 0.15) is 37.7 Å². The lowest BCUT2D eigenvalue weighted by Gasteiger charge is -2.22. The lowest BCUT2D eigenvalue weighted by molar-refractivity contribution is -0.138. The Balaban J connectivity index is 3.18. The number of nitrogens with zero attached hydrogens (tertiary/aromatic N) is 1. The highest BCUT2D eigenvalue weighted by Gasteiger charge is 2.35. The molecule has 0 radical (unpaired) electrons. The number of aryl methyl sites for hydroxylation is 1. The van der Waals surface area contributed by atoms with Crippen LogP contribution in [0.4, 0.5) is 13.2 Å². The zero-order chi connectivity index (χ0) is 12.7. The third kappa shape index (κ3) is 2.80. The molecule has 0 saturated heterocycles. The van der Waals surface area contributed by atoms with Gasteiger partial charge >= 0.3 is 6.18 Å². The average Bonchev–Trinajstić information content (AvgIpc) is 2.28. The first-order valence-corrected chi connectivity index (χ1v) is 5.26. The van der Waals surface area contributed by atoms with Crippen LogP contribution in [0.25, 0.3) is 0 Å². The van der Waals surface area contributed by atoms with Crippen LogP contribution in [0.2, 0.25) is 0 Å². The van der Waals surface area contributed by atoms with Gasteiger partial charge in [0.1, 0.15) is 0 Å². The Hall–Kier alpha value is -0.930. The Labute approximate surface area is 94.3 Å². The van der Waals surface area contributed by atoms with E-state index in [4.69, 9.17) is 0 Å². The van der Waals surface area contributed by atoms with E-state index < -0.39 is 11.7 Å². The number of alkyl halides is 3. The van der Waals surface area contributed by atoms with E-state index in [1.807, 2.05) is 20.8 Å². The van der Waals surface area contributed by atoms with Gasteiger partial charge in [-0.15, -0.1) is 0 Å². The van der Waals surface area contributed by atoms with E-state index >= 15 is 0 Å². The van der Waals surface area contributed by atoms with Gasteiger partial charge in [0.15, 0.2) is 0 Å². The second-order valence-electron chi connectivity index (χ2n) is 5.43. The highest BCUT2D eigenvalue weighted by molar-refractivity contribution is 5.29. The molecule has 0 unspecified atom stereocenters. The fourth-order valence-electron chi connectivity index (χ4n) is 1.81. The minimum Gasteiger partial charge on any atom is -0.348 e. The highest BCUT2D eigenvalue weighted by atomic mass is 19.4. The van der Waals surface area contributed by atoms with Gasteiger partial charge in [-0.25, -0.2) is 0 Å². The fraction of sp³-hybridized carbons (Fsp3) is 0.667. The summed E-state index contributed by atoms with van der Waals surface area (Å²) in [6.07, 6.45) is -4.25. The van der Waals surface area contributed by atoms with E-state index in [1.54, 1.807) is 11.5 Å². The number of hydrogen-bond acceptors (Lipinski definition) is 0. The smallest absolute Gasteiger partial charge is 0.348 e. The molecule has 1 aromatic heterocycles. The molecule has 1 rings (SSSR count). The molecule has 0 aliphatic heterocycles. The van der Waals surface area contributed by atoms with Crippen molar-refractivity contribution in [3.63, 3.8) is 0 Å². The molecule has 1 nitrogen and oxygen atoms in total. The van der Waals surface area contributed by atoms with Crippen molar-refractivity contribution in [3.05, 3.63) is 23.0 Å². The molecule has 16 heavy (non-hydrogen) atoms. The van der Waals surface area contributed by atoms with Crippen LogP contribution in [-0.2, 0) is 12.7 Å². The SMILES string of the molecule is Cc1cc(C(F)(F)F)c(C)n1CC(C)(C)C. The van der Waals surface area contributed by atoms with Gasteiger partial charge in [-0.3, -0.25) is 0 Å². The van der Waals surface area contributed by atoms with Crippen LogP contribution in [-0.4, -0.2) is 4.57 Å². The van der Waals surface area contributed by atoms with Crippen LogP contribution in [0.15, 0.2) is 6.07 Å². The van der Waals surface area contributed by atoms with Crippen molar-refractivity contribution < 1.29 is 13.2 Å². The second-order valence-corrected chi connectivity index (χ2v) is 5.43. The van der Waals surface area contributed by atoms with Crippen LogP contribution in [0.3, 0.4) is 0 Å². The highest BCUT2D eigenvalue weighted by Crippen LogP contribution is 2.34. The average molecular weight is 233 g/mol. The summed E-state index contributed by atoms with van der Waals surface area (Å²) < 4.78 is 39.7. The summed E-state index contributed by atoms with van der Waals surface area (Å²) in [4.78, 5) is 0. The fourth-order valence-corrected chi connectivity index (χ4v) is 1.81. The van der Waals surface area contributed by atoms with Crippen molar-refractivity contribution in [2.45, 2.75) is 47.3 Å². The van der Waals surface area contributed by atoms with Gasteiger partial charge in [0.25, 0.3) is 0 Å². The van der Waals surface area contributed by atoms with E-state index in [9.17, 15) is 13.2 Å². The summed E-state index contributed by atoms with van der Waals surface area (Å²) in [5.74, 6) is 0.